The zero-order chi connectivity index (χ0) is 19.0. The van der Waals surface area contributed by atoms with Crippen molar-refractivity contribution in [1.82, 2.24) is 5.32 Å². The highest BCUT2D eigenvalue weighted by atomic mass is 16.5. The van der Waals surface area contributed by atoms with Crippen molar-refractivity contribution in [3.8, 4) is 5.75 Å². The predicted octanol–water partition coefficient (Wildman–Crippen LogP) is 2.53. The summed E-state index contributed by atoms with van der Waals surface area (Å²) in [6.07, 6.45) is -2.69. The highest BCUT2D eigenvalue weighted by Crippen LogP contribution is 2.24. The molecule has 2 aromatic carbocycles. The van der Waals surface area contributed by atoms with Crippen LogP contribution in [0.5, 0.6) is 5.75 Å². The minimum Gasteiger partial charge on any atom is -0.497 e. The van der Waals surface area contributed by atoms with E-state index in [4.69, 9.17) is 14.3 Å². The van der Waals surface area contributed by atoms with Crippen LogP contribution in [0.25, 0.3) is 10.8 Å². The number of amides is 1. The van der Waals surface area contributed by atoms with Gasteiger partial charge in [-0.2, -0.15) is 0 Å². The Morgan fingerprint density at radius 3 is 3.11 bits per heavy atom. The molecule has 2 aromatic rings. The quantitative estimate of drug-likeness (QED) is 0.905. The van der Waals surface area contributed by atoms with Crippen LogP contribution in [0, 0.1) is 0 Å². The van der Waals surface area contributed by atoms with E-state index in [0.29, 0.717) is 16.5 Å². The smallest absolute Gasteiger partial charge is 0.216 e. The number of ether oxygens (including phenoxy) is 1. The number of nitrogens with one attached hydrogen (secondary N) is 1. The van der Waals surface area contributed by atoms with Crippen LogP contribution >= 0.6 is 0 Å². The summed E-state index contributed by atoms with van der Waals surface area (Å²) in [4.78, 5) is 11.6. The maximum absolute atomic E-state index is 11.6. The summed E-state index contributed by atoms with van der Waals surface area (Å²) in [6.45, 7) is -6.03. The van der Waals surface area contributed by atoms with Crippen LogP contribution < -0.4 is 10.1 Å². The van der Waals surface area contributed by atoms with Crippen LogP contribution in [-0.4, -0.2) is 19.5 Å². The number of aryl methyl sites for hydroxylation is 1. The number of fused-ring (bicyclic) bond motifs is 1. The van der Waals surface area contributed by atoms with E-state index < -0.39 is 25.6 Å². The Morgan fingerprint density at radius 1 is 1.44 bits per heavy atom. The number of rotatable bonds is 4. The van der Waals surface area contributed by atoms with Crippen LogP contribution in [0.3, 0.4) is 0 Å². The second-order valence-corrected chi connectivity index (χ2v) is 3.60. The topological polar surface area (TPSA) is 38.3 Å². The zero-order valence-electron chi connectivity index (χ0n) is 16.8. The van der Waals surface area contributed by atoms with Gasteiger partial charge in [-0.3, -0.25) is 4.79 Å². The molecule has 0 saturated heterocycles. The maximum Gasteiger partial charge on any atom is 0.216 e. The van der Waals surface area contributed by atoms with Gasteiger partial charge in [0.1, 0.15) is 5.75 Å². The second-order valence-electron chi connectivity index (χ2n) is 3.60. The van der Waals surface area contributed by atoms with Crippen LogP contribution in [0.4, 0.5) is 0 Å². The summed E-state index contributed by atoms with van der Waals surface area (Å²) < 4.78 is 58.5. The summed E-state index contributed by atoms with van der Waals surface area (Å²) in [6, 6.07) is 9.62. The van der Waals surface area contributed by atoms with E-state index in [9.17, 15) is 4.79 Å². The van der Waals surface area contributed by atoms with Gasteiger partial charge in [-0.25, -0.2) is 0 Å². The molecule has 0 atom stereocenters. The molecule has 2 rings (SSSR count). The Labute approximate surface area is 117 Å². The number of hydrogen-bond acceptors (Lipinski definition) is 2. The molecule has 3 heteroatoms. The Balaban J connectivity index is 2.54. The van der Waals surface area contributed by atoms with E-state index in [1.54, 1.807) is 35.6 Å². The van der Waals surface area contributed by atoms with Gasteiger partial charge < -0.3 is 10.1 Å². The molecule has 0 spiro atoms. The third-order valence-corrected chi connectivity index (χ3v) is 2.46. The van der Waals surface area contributed by atoms with Gasteiger partial charge >= 0.3 is 0 Å². The third-order valence-electron chi connectivity index (χ3n) is 2.46. The van der Waals surface area contributed by atoms with E-state index in [0.717, 1.165) is 0 Å². The standard InChI is InChI=1S/C15H17NO2/c1-11(17)16-9-8-13-5-3-4-12-6-7-14(18-2)10-15(12)13/h3-7,10H,8-9H2,1-2H3,(H,16,17)/i1D3,8D2,9D2. The fraction of sp³-hybridized carbons (Fsp3) is 0.267. The highest BCUT2D eigenvalue weighted by molar-refractivity contribution is 5.87. The van der Waals surface area contributed by atoms with Crippen molar-refractivity contribution in [3.63, 3.8) is 0 Å². The molecule has 3 nitrogen and oxygen atoms in total. The predicted molar refractivity (Wildman–Crippen MR) is 72.9 cm³/mol. The van der Waals surface area contributed by atoms with Crippen LogP contribution in [0.15, 0.2) is 36.4 Å². The maximum atomic E-state index is 11.6. The summed E-state index contributed by atoms with van der Waals surface area (Å²) in [5.74, 6) is -1.10. The summed E-state index contributed by atoms with van der Waals surface area (Å²) in [7, 11) is 1.45. The monoisotopic (exact) mass is 250 g/mol. The van der Waals surface area contributed by atoms with Crippen molar-refractivity contribution in [2.45, 2.75) is 13.2 Å². The average molecular weight is 250 g/mol. The molecule has 0 fully saturated rings. The van der Waals surface area contributed by atoms with E-state index in [1.807, 2.05) is 0 Å². The largest absolute Gasteiger partial charge is 0.497 e. The molecule has 0 aliphatic carbocycles. The number of benzene rings is 2. The molecule has 0 radical (unpaired) electrons. The van der Waals surface area contributed by atoms with Crippen molar-refractivity contribution in [1.29, 1.82) is 0 Å². The first-order chi connectivity index (χ1) is 11.4. The lowest BCUT2D eigenvalue weighted by Gasteiger charge is -2.08. The number of methoxy groups -OCH3 is 1. The molecule has 0 aliphatic heterocycles. The first kappa shape index (κ1) is 6.23. The van der Waals surface area contributed by atoms with Gasteiger partial charge in [-0.05, 0) is 34.8 Å². The van der Waals surface area contributed by atoms with E-state index in [-0.39, 0.29) is 5.56 Å². The molecular weight excluding hydrogens is 226 g/mol. The molecule has 18 heavy (non-hydrogen) atoms. The SMILES string of the molecule is [2H]C([2H])([2H])C(=O)NC([2H])([2H])C([2H])([2H])c1cccc2ccc(OC)cc12. The van der Waals surface area contributed by atoms with Gasteiger partial charge in [0, 0.05) is 22.9 Å². The van der Waals surface area contributed by atoms with Crippen LogP contribution in [0.1, 0.15) is 22.0 Å². The number of hydrogen-bond donors (Lipinski definition) is 1. The van der Waals surface area contributed by atoms with Crippen LogP contribution in [-0.2, 0) is 11.2 Å². The van der Waals surface area contributed by atoms with Crippen molar-refractivity contribution in [3.05, 3.63) is 42.0 Å². The van der Waals surface area contributed by atoms with E-state index >= 15 is 0 Å². The highest BCUT2D eigenvalue weighted by Gasteiger charge is 2.03. The van der Waals surface area contributed by atoms with E-state index in [2.05, 4.69) is 0 Å². The van der Waals surface area contributed by atoms with Gasteiger partial charge in [0.05, 0.1) is 7.11 Å². The lowest BCUT2D eigenvalue weighted by molar-refractivity contribution is -0.118. The molecule has 0 heterocycles. The third kappa shape index (κ3) is 2.80. The molecule has 0 aliphatic rings. The lowest BCUT2D eigenvalue weighted by Crippen LogP contribution is -2.22. The molecular formula is C15H17NO2. The van der Waals surface area contributed by atoms with Gasteiger partial charge in [0.15, 0.2) is 0 Å². The molecule has 1 N–H and O–H groups in total. The summed E-state index contributed by atoms with van der Waals surface area (Å²) in [5, 5.41) is 2.71. The van der Waals surface area contributed by atoms with Gasteiger partial charge in [-0.1, -0.05) is 24.3 Å². The van der Waals surface area contributed by atoms with Gasteiger partial charge in [0.2, 0.25) is 5.91 Å². The molecule has 0 aromatic heterocycles. The Morgan fingerprint density at radius 2 is 2.33 bits per heavy atom. The fourth-order valence-corrected chi connectivity index (χ4v) is 1.64. The molecule has 0 bridgehead atoms. The Hall–Kier alpha value is -2.03. The Kier molecular flexibility index (Phi) is 1.92. The minimum atomic E-state index is -3.08. The first-order valence-corrected chi connectivity index (χ1v) is 5.30. The van der Waals surface area contributed by atoms with Crippen molar-refractivity contribution >= 4 is 16.7 Å². The number of carbonyl (C=O) groups excluding carboxylic acids is 1. The van der Waals surface area contributed by atoms with Crippen molar-refractivity contribution < 1.29 is 19.1 Å². The van der Waals surface area contributed by atoms with E-state index in [1.165, 1.54) is 13.2 Å². The van der Waals surface area contributed by atoms with Crippen molar-refractivity contribution in [2.24, 2.45) is 0 Å². The molecule has 94 valence electrons. The van der Waals surface area contributed by atoms with Gasteiger partial charge in [0.25, 0.3) is 0 Å². The minimum absolute atomic E-state index is 0.0280. The first-order valence-electron chi connectivity index (χ1n) is 8.80. The average Bonchev–Trinajstić information content (AvgIpc) is 2.52. The normalized spacial score (nSPS) is 18.4. The lowest BCUT2D eigenvalue weighted by atomic mass is 10.0. The van der Waals surface area contributed by atoms with Gasteiger partial charge in [-0.15, -0.1) is 0 Å². The molecule has 1 amide bonds. The zero-order valence-corrected chi connectivity index (χ0v) is 9.78. The Bertz CT molecular complexity index is 802. The van der Waals surface area contributed by atoms with Crippen LogP contribution in [0.2, 0.25) is 0 Å². The molecule has 0 unspecified atom stereocenters. The van der Waals surface area contributed by atoms with Crippen molar-refractivity contribution in [2.75, 3.05) is 13.6 Å². The fourth-order valence-electron chi connectivity index (χ4n) is 1.64. The second kappa shape index (κ2) is 5.54. The number of carbonyl (C=O) groups is 1. The molecule has 0 saturated carbocycles. The summed E-state index contributed by atoms with van der Waals surface area (Å²) >= 11 is 0. The summed E-state index contributed by atoms with van der Waals surface area (Å²) in [5.41, 5.74) is -0.0280.